The Morgan fingerprint density at radius 2 is 2.20 bits per heavy atom. The molecular formula is C16H25N3O. The lowest BCUT2D eigenvalue weighted by Crippen LogP contribution is -2.45. The van der Waals surface area contributed by atoms with Gasteiger partial charge in [-0.05, 0) is 37.4 Å². The summed E-state index contributed by atoms with van der Waals surface area (Å²) in [6.45, 7) is 5.99. The summed E-state index contributed by atoms with van der Waals surface area (Å²) in [4.78, 5) is 13.9. The number of para-hydroxylation sites is 1. The van der Waals surface area contributed by atoms with Gasteiger partial charge in [0.25, 0.3) is 0 Å². The van der Waals surface area contributed by atoms with E-state index in [1.807, 2.05) is 13.0 Å². The molecule has 0 saturated heterocycles. The Morgan fingerprint density at radius 1 is 1.45 bits per heavy atom. The van der Waals surface area contributed by atoms with Crippen LogP contribution in [0.15, 0.2) is 24.3 Å². The van der Waals surface area contributed by atoms with Crippen molar-refractivity contribution < 1.29 is 4.79 Å². The molecular weight excluding hydrogens is 250 g/mol. The first kappa shape index (κ1) is 14.9. The summed E-state index contributed by atoms with van der Waals surface area (Å²) in [6, 6.07) is 8.53. The van der Waals surface area contributed by atoms with Crippen LogP contribution in [-0.4, -0.2) is 25.0 Å². The molecule has 4 heteroatoms. The molecule has 2 rings (SSSR count). The van der Waals surface area contributed by atoms with Crippen LogP contribution in [0.5, 0.6) is 0 Å². The number of carbonyl (C=O) groups is 1. The third-order valence-corrected chi connectivity index (χ3v) is 4.06. The van der Waals surface area contributed by atoms with E-state index in [2.05, 4.69) is 35.3 Å². The Hall–Kier alpha value is -1.55. The number of nitrogens with one attached hydrogen (secondary N) is 1. The average Bonchev–Trinajstić information content (AvgIpc) is 2.61. The second-order valence-corrected chi connectivity index (χ2v) is 5.33. The Kier molecular flexibility index (Phi) is 5.01. The molecule has 1 aromatic carbocycles. The number of hydrogen-bond acceptors (Lipinski definition) is 3. The van der Waals surface area contributed by atoms with Crippen LogP contribution in [0, 0.1) is 0 Å². The number of primary amides is 1. The highest BCUT2D eigenvalue weighted by molar-refractivity contribution is 5.84. The minimum Gasteiger partial charge on any atom is -0.368 e. The largest absolute Gasteiger partial charge is 0.368 e. The van der Waals surface area contributed by atoms with E-state index in [4.69, 9.17) is 5.73 Å². The monoisotopic (exact) mass is 275 g/mol. The van der Waals surface area contributed by atoms with Crippen molar-refractivity contribution in [2.45, 2.75) is 45.2 Å². The van der Waals surface area contributed by atoms with Gasteiger partial charge in [-0.3, -0.25) is 4.79 Å². The van der Waals surface area contributed by atoms with Gasteiger partial charge >= 0.3 is 0 Å². The lowest BCUT2D eigenvalue weighted by Gasteiger charge is -2.31. The smallest absolute Gasteiger partial charge is 0.240 e. The summed E-state index contributed by atoms with van der Waals surface area (Å²) < 4.78 is 0. The lowest BCUT2D eigenvalue weighted by molar-refractivity contribution is -0.119. The van der Waals surface area contributed by atoms with Crippen LogP contribution in [-0.2, 0) is 4.79 Å². The van der Waals surface area contributed by atoms with E-state index in [0.29, 0.717) is 6.04 Å². The van der Waals surface area contributed by atoms with Gasteiger partial charge in [0.2, 0.25) is 5.91 Å². The van der Waals surface area contributed by atoms with Gasteiger partial charge in [0.15, 0.2) is 0 Å². The molecule has 0 spiro atoms. The highest BCUT2D eigenvalue weighted by Crippen LogP contribution is 2.34. The highest BCUT2D eigenvalue weighted by Gasteiger charge is 2.28. The lowest BCUT2D eigenvalue weighted by atomic mass is 10.0. The predicted octanol–water partition coefficient (Wildman–Crippen LogP) is 2.20. The minimum absolute atomic E-state index is 0.212. The standard InChI is InChI=1S/C16H25N3O/c1-3-14(16(17)20)19-11-7-9-13(18-4-2)12-8-5-6-10-15(12)19/h5-6,8,10,13-14,18H,3-4,7,9,11H2,1-2H3,(H2,17,20). The van der Waals surface area contributed by atoms with Crippen LogP contribution in [0.3, 0.4) is 0 Å². The van der Waals surface area contributed by atoms with Crippen LogP contribution >= 0.6 is 0 Å². The fraction of sp³-hybridized carbons (Fsp3) is 0.562. The molecule has 2 atom stereocenters. The van der Waals surface area contributed by atoms with E-state index in [1.54, 1.807) is 0 Å². The number of amides is 1. The van der Waals surface area contributed by atoms with E-state index in [1.165, 1.54) is 5.56 Å². The van der Waals surface area contributed by atoms with Crippen molar-refractivity contribution in [2.75, 3.05) is 18.0 Å². The quantitative estimate of drug-likeness (QED) is 0.866. The molecule has 0 radical (unpaired) electrons. The highest BCUT2D eigenvalue weighted by atomic mass is 16.1. The van der Waals surface area contributed by atoms with Crippen LogP contribution in [0.1, 0.15) is 44.7 Å². The van der Waals surface area contributed by atoms with E-state index in [-0.39, 0.29) is 11.9 Å². The van der Waals surface area contributed by atoms with Crippen molar-refractivity contribution in [1.29, 1.82) is 0 Å². The first-order valence-electron chi connectivity index (χ1n) is 7.57. The van der Waals surface area contributed by atoms with Crippen molar-refractivity contribution in [3.05, 3.63) is 29.8 Å². The second-order valence-electron chi connectivity index (χ2n) is 5.33. The molecule has 0 aromatic heterocycles. The van der Waals surface area contributed by atoms with Crippen molar-refractivity contribution in [3.8, 4) is 0 Å². The van der Waals surface area contributed by atoms with E-state index in [0.717, 1.165) is 38.0 Å². The summed E-state index contributed by atoms with van der Waals surface area (Å²) in [7, 11) is 0. The maximum absolute atomic E-state index is 11.7. The summed E-state index contributed by atoms with van der Waals surface area (Å²) in [5.41, 5.74) is 8.02. The molecule has 0 fully saturated rings. The Morgan fingerprint density at radius 3 is 2.85 bits per heavy atom. The molecule has 0 bridgehead atoms. The van der Waals surface area contributed by atoms with E-state index < -0.39 is 0 Å². The summed E-state index contributed by atoms with van der Waals surface area (Å²) in [5.74, 6) is -0.232. The number of benzene rings is 1. The number of nitrogens with two attached hydrogens (primary N) is 1. The van der Waals surface area contributed by atoms with Gasteiger partial charge in [0, 0.05) is 18.3 Å². The number of hydrogen-bond donors (Lipinski definition) is 2. The number of carbonyl (C=O) groups excluding carboxylic acids is 1. The summed E-state index contributed by atoms with van der Waals surface area (Å²) >= 11 is 0. The molecule has 1 aliphatic rings. The Labute approximate surface area is 121 Å². The maximum Gasteiger partial charge on any atom is 0.240 e. The van der Waals surface area contributed by atoms with Crippen molar-refractivity contribution in [3.63, 3.8) is 0 Å². The van der Waals surface area contributed by atoms with Gasteiger partial charge in [-0.15, -0.1) is 0 Å². The molecule has 2 unspecified atom stereocenters. The molecule has 0 saturated carbocycles. The molecule has 110 valence electrons. The van der Waals surface area contributed by atoms with Crippen molar-refractivity contribution >= 4 is 11.6 Å². The molecule has 1 amide bonds. The summed E-state index contributed by atoms with van der Waals surface area (Å²) in [5, 5.41) is 3.54. The van der Waals surface area contributed by atoms with Crippen LogP contribution in [0.2, 0.25) is 0 Å². The fourth-order valence-corrected chi connectivity index (χ4v) is 3.14. The van der Waals surface area contributed by atoms with E-state index in [9.17, 15) is 4.79 Å². The summed E-state index contributed by atoms with van der Waals surface area (Å²) in [6.07, 6.45) is 2.90. The Bertz CT molecular complexity index is 461. The molecule has 1 aromatic rings. The number of nitrogens with zero attached hydrogens (tertiary/aromatic N) is 1. The van der Waals surface area contributed by atoms with Crippen LogP contribution in [0.25, 0.3) is 0 Å². The third kappa shape index (κ3) is 2.96. The number of anilines is 1. The van der Waals surface area contributed by atoms with Gasteiger partial charge < -0.3 is 16.0 Å². The zero-order valence-electron chi connectivity index (χ0n) is 12.4. The maximum atomic E-state index is 11.7. The van der Waals surface area contributed by atoms with Crippen molar-refractivity contribution in [1.82, 2.24) is 5.32 Å². The van der Waals surface area contributed by atoms with Gasteiger partial charge in [0.05, 0.1) is 0 Å². The normalized spacial score (nSPS) is 20.1. The third-order valence-electron chi connectivity index (χ3n) is 4.06. The van der Waals surface area contributed by atoms with Crippen molar-refractivity contribution in [2.24, 2.45) is 5.73 Å². The van der Waals surface area contributed by atoms with Gasteiger partial charge in [-0.1, -0.05) is 32.0 Å². The van der Waals surface area contributed by atoms with Crippen LogP contribution < -0.4 is 16.0 Å². The zero-order chi connectivity index (χ0) is 14.5. The molecule has 1 aliphatic heterocycles. The Balaban J connectivity index is 2.39. The van der Waals surface area contributed by atoms with Gasteiger partial charge in [-0.2, -0.15) is 0 Å². The fourth-order valence-electron chi connectivity index (χ4n) is 3.14. The first-order valence-corrected chi connectivity index (χ1v) is 7.57. The second kappa shape index (κ2) is 6.75. The van der Waals surface area contributed by atoms with Crippen LogP contribution in [0.4, 0.5) is 5.69 Å². The molecule has 1 heterocycles. The molecule has 3 N–H and O–H groups in total. The SMILES string of the molecule is CCNC1CCCN(C(CC)C(N)=O)c2ccccc21. The number of rotatable bonds is 5. The predicted molar refractivity (Wildman–Crippen MR) is 82.7 cm³/mol. The average molecular weight is 275 g/mol. The topological polar surface area (TPSA) is 58.4 Å². The first-order chi connectivity index (χ1) is 9.69. The zero-order valence-corrected chi connectivity index (χ0v) is 12.4. The molecule has 0 aliphatic carbocycles. The molecule has 20 heavy (non-hydrogen) atoms. The minimum atomic E-state index is -0.232. The number of fused-ring (bicyclic) bond motifs is 1. The van der Waals surface area contributed by atoms with Gasteiger partial charge in [-0.25, -0.2) is 0 Å². The van der Waals surface area contributed by atoms with Gasteiger partial charge in [0.1, 0.15) is 6.04 Å². The van der Waals surface area contributed by atoms with E-state index >= 15 is 0 Å². The molecule has 4 nitrogen and oxygen atoms in total.